The minimum absolute atomic E-state index is 0.138. The van der Waals surface area contributed by atoms with Crippen LogP contribution in [0.25, 0.3) is 0 Å². The number of rotatable bonds is 3. The Labute approximate surface area is 101 Å². The van der Waals surface area contributed by atoms with E-state index >= 15 is 0 Å². The third kappa shape index (κ3) is 2.65. The Hall–Kier alpha value is -1.38. The van der Waals surface area contributed by atoms with Gasteiger partial charge in [-0.2, -0.15) is 0 Å². The van der Waals surface area contributed by atoms with Crippen molar-refractivity contribution in [3.05, 3.63) is 35.1 Å². The van der Waals surface area contributed by atoms with Gasteiger partial charge in [-0.05, 0) is 42.9 Å². The van der Waals surface area contributed by atoms with E-state index in [9.17, 15) is 9.18 Å². The lowest BCUT2D eigenvalue weighted by Crippen LogP contribution is -2.40. The molecule has 0 radical (unpaired) electrons. The van der Waals surface area contributed by atoms with Crippen molar-refractivity contribution in [3.8, 4) is 0 Å². The summed E-state index contributed by atoms with van der Waals surface area (Å²) in [6, 6.07) is 4.69. The van der Waals surface area contributed by atoms with Crippen LogP contribution in [0.3, 0.4) is 0 Å². The molecule has 2 nitrogen and oxygen atoms in total. The zero-order valence-corrected chi connectivity index (χ0v) is 10.3. The van der Waals surface area contributed by atoms with Gasteiger partial charge >= 0.3 is 0 Å². The first-order valence-electron chi connectivity index (χ1n) is 6.05. The Morgan fingerprint density at radius 3 is 2.71 bits per heavy atom. The molecule has 1 amide bonds. The van der Waals surface area contributed by atoms with Crippen molar-refractivity contribution in [2.45, 2.75) is 33.1 Å². The molecule has 2 rings (SSSR count). The first kappa shape index (κ1) is 12.1. The molecule has 1 fully saturated rings. The molecule has 0 aliphatic heterocycles. The normalized spacial score (nSPS) is 17.4. The van der Waals surface area contributed by atoms with E-state index in [0.717, 1.165) is 18.4 Å². The summed E-state index contributed by atoms with van der Waals surface area (Å²) >= 11 is 0. The molecule has 3 heteroatoms. The molecule has 92 valence electrons. The second-order valence-corrected chi connectivity index (χ2v) is 5.33. The number of amides is 1. The molecule has 1 saturated carbocycles. The van der Waals surface area contributed by atoms with Gasteiger partial charge in [0.2, 0.25) is 0 Å². The van der Waals surface area contributed by atoms with E-state index in [1.54, 1.807) is 19.1 Å². The molecule has 1 aromatic rings. The molecule has 1 N–H and O–H groups in total. The fraction of sp³-hybridized carbons (Fsp3) is 0.500. The zero-order valence-electron chi connectivity index (χ0n) is 10.3. The minimum atomic E-state index is -0.443. The van der Waals surface area contributed by atoms with Gasteiger partial charge in [0.15, 0.2) is 0 Å². The monoisotopic (exact) mass is 235 g/mol. The summed E-state index contributed by atoms with van der Waals surface area (Å²) in [6.45, 7) is 4.60. The molecule has 0 atom stereocenters. The van der Waals surface area contributed by atoms with Crippen molar-refractivity contribution in [1.29, 1.82) is 0 Å². The van der Waals surface area contributed by atoms with E-state index in [4.69, 9.17) is 0 Å². The summed E-state index contributed by atoms with van der Waals surface area (Å²) in [6.07, 6.45) is 3.51. The Bertz CT molecular complexity index is 438. The summed E-state index contributed by atoms with van der Waals surface area (Å²) in [7, 11) is 0. The van der Waals surface area contributed by atoms with E-state index in [2.05, 4.69) is 12.2 Å². The zero-order chi connectivity index (χ0) is 12.5. The number of hydrogen-bond acceptors (Lipinski definition) is 1. The Morgan fingerprint density at radius 2 is 2.18 bits per heavy atom. The van der Waals surface area contributed by atoms with Gasteiger partial charge in [0, 0.05) is 6.54 Å². The molecule has 0 heterocycles. The van der Waals surface area contributed by atoms with E-state index < -0.39 is 5.82 Å². The van der Waals surface area contributed by atoms with Crippen molar-refractivity contribution >= 4 is 5.91 Å². The lowest BCUT2D eigenvalue weighted by Gasteiger charge is -2.38. The van der Waals surface area contributed by atoms with E-state index in [-0.39, 0.29) is 16.9 Å². The van der Waals surface area contributed by atoms with Crippen LogP contribution in [0.4, 0.5) is 4.39 Å². The fourth-order valence-corrected chi connectivity index (χ4v) is 2.15. The molecule has 1 aromatic carbocycles. The first-order chi connectivity index (χ1) is 8.00. The number of carbonyl (C=O) groups is 1. The molecule has 17 heavy (non-hydrogen) atoms. The average molecular weight is 235 g/mol. The maximum Gasteiger partial charge on any atom is 0.254 e. The summed E-state index contributed by atoms with van der Waals surface area (Å²) in [4.78, 5) is 11.8. The molecule has 1 aliphatic rings. The Morgan fingerprint density at radius 1 is 1.47 bits per heavy atom. The molecule has 1 aliphatic carbocycles. The number of aryl methyl sites for hydroxylation is 1. The maximum atomic E-state index is 13.6. The second-order valence-electron chi connectivity index (χ2n) is 5.33. The van der Waals surface area contributed by atoms with Crippen LogP contribution >= 0.6 is 0 Å². The molecule has 0 spiro atoms. The Kier molecular flexibility index (Phi) is 3.18. The molecule has 0 saturated heterocycles. The quantitative estimate of drug-likeness (QED) is 0.857. The molecule has 0 bridgehead atoms. The van der Waals surface area contributed by atoms with Gasteiger partial charge in [-0.1, -0.05) is 19.4 Å². The predicted molar refractivity (Wildman–Crippen MR) is 65.4 cm³/mol. The van der Waals surface area contributed by atoms with Gasteiger partial charge in [0.25, 0.3) is 5.91 Å². The van der Waals surface area contributed by atoms with Crippen molar-refractivity contribution in [3.63, 3.8) is 0 Å². The average Bonchev–Trinajstić information content (AvgIpc) is 2.23. The lowest BCUT2D eigenvalue weighted by molar-refractivity contribution is 0.0887. The van der Waals surface area contributed by atoms with Crippen LogP contribution in [-0.2, 0) is 0 Å². The van der Waals surface area contributed by atoms with Crippen LogP contribution in [0, 0.1) is 18.2 Å². The fourth-order valence-electron chi connectivity index (χ4n) is 2.15. The predicted octanol–water partition coefficient (Wildman–Crippen LogP) is 3.05. The molecule has 0 aromatic heterocycles. The topological polar surface area (TPSA) is 29.1 Å². The highest BCUT2D eigenvalue weighted by Crippen LogP contribution is 2.39. The van der Waals surface area contributed by atoms with Gasteiger partial charge < -0.3 is 5.32 Å². The van der Waals surface area contributed by atoms with Crippen LogP contribution in [-0.4, -0.2) is 12.5 Å². The van der Waals surface area contributed by atoms with Gasteiger partial charge in [-0.3, -0.25) is 4.79 Å². The Balaban J connectivity index is 1.99. The number of hydrogen-bond donors (Lipinski definition) is 1. The van der Waals surface area contributed by atoms with E-state index in [1.165, 1.54) is 12.5 Å². The van der Waals surface area contributed by atoms with Crippen molar-refractivity contribution < 1.29 is 9.18 Å². The summed E-state index contributed by atoms with van der Waals surface area (Å²) in [5.74, 6) is -0.753. The van der Waals surface area contributed by atoms with Gasteiger partial charge in [-0.15, -0.1) is 0 Å². The molecular weight excluding hydrogens is 217 g/mol. The first-order valence-corrected chi connectivity index (χ1v) is 6.05. The van der Waals surface area contributed by atoms with Gasteiger partial charge in [0.05, 0.1) is 5.56 Å². The highest BCUT2D eigenvalue weighted by atomic mass is 19.1. The van der Waals surface area contributed by atoms with Crippen molar-refractivity contribution in [2.24, 2.45) is 5.41 Å². The second kappa shape index (κ2) is 4.47. The van der Waals surface area contributed by atoms with Gasteiger partial charge in [-0.25, -0.2) is 4.39 Å². The molecule has 0 unspecified atom stereocenters. The minimum Gasteiger partial charge on any atom is -0.351 e. The summed E-state index contributed by atoms with van der Waals surface area (Å²) in [5.41, 5.74) is 1.18. The largest absolute Gasteiger partial charge is 0.351 e. The summed E-state index contributed by atoms with van der Waals surface area (Å²) < 4.78 is 13.6. The molecular formula is C14H18FNO. The van der Waals surface area contributed by atoms with Crippen LogP contribution < -0.4 is 5.32 Å². The third-order valence-electron chi connectivity index (χ3n) is 3.61. The standard InChI is InChI=1S/C14H18FNO/c1-10-4-5-11(12(15)8-10)13(17)16-9-14(2)6-3-7-14/h4-5,8H,3,6-7,9H2,1-2H3,(H,16,17). The highest BCUT2D eigenvalue weighted by Gasteiger charge is 2.32. The SMILES string of the molecule is Cc1ccc(C(=O)NCC2(C)CCC2)c(F)c1. The number of nitrogens with one attached hydrogen (secondary N) is 1. The van der Waals surface area contributed by atoms with Crippen LogP contribution in [0.1, 0.15) is 42.1 Å². The number of halogens is 1. The van der Waals surface area contributed by atoms with Crippen LogP contribution in [0.15, 0.2) is 18.2 Å². The smallest absolute Gasteiger partial charge is 0.254 e. The number of carbonyl (C=O) groups excluding carboxylic acids is 1. The number of benzene rings is 1. The van der Waals surface area contributed by atoms with Gasteiger partial charge in [0.1, 0.15) is 5.82 Å². The van der Waals surface area contributed by atoms with Crippen molar-refractivity contribution in [1.82, 2.24) is 5.32 Å². The van der Waals surface area contributed by atoms with Crippen LogP contribution in [0.2, 0.25) is 0 Å². The highest BCUT2D eigenvalue weighted by molar-refractivity contribution is 5.94. The maximum absolute atomic E-state index is 13.6. The third-order valence-corrected chi connectivity index (χ3v) is 3.61. The van der Waals surface area contributed by atoms with E-state index in [1.807, 2.05) is 0 Å². The van der Waals surface area contributed by atoms with E-state index in [0.29, 0.717) is 6.54 Å². The van der Waals surface area contributed by atoms with Crippen molar-refractivity contribution in [2.75, 3.05) is 6.54 Å². The van der Waals surface area contributed by atoms with Crippen LogP contribution in [0.5, 0.6) is 0 Å². The summed E-state index contributed by atoms with van der Waals surface area (Å²) in [5, 5.41) is 2.82. The lowest BCUT2D eigenvalue weighted by atomic mass is 9.70.